The van der Waals surface area contributed by atoms with Gasteiger partial charge >= 0.3 is 11.6 Å². The van der Waals surface area contributed by atoms with Crippen LogP contribution in [-0.4, -0.2) is 25.9 Å². The van der Waals surface area contributed by atoms with Gasteiger partial charge in [-0.15, -0.1) is 5.10 Å². The van der Waals surface area contributed by atoms with Crippen LogP contribution >= 0.6 is 0 Å². The van der Waals surface area contributed by atoms with Crippen molar-refractivity contribution in [1.29, 1.82) is 0 Å². The van der Waals surface area contributed by atoms with Crippen molar-refractivity contribution in [2.24, 2.45) is 0 Å². The standard InChI is InChI=1S/C8H13N3O4/c1-3-6(2)15-8-7(11(13)14)4-10(5-12)9-8/h4,6,12H,3,5H2,1-2H3. The highest BCUT2D eigenvalue weighted by Gasteiger charge is 2.22. The largest absolute Gasteiger partial charge is 0.469 e. The van der Waals surface area contributed by atoms with Crippen molar-refractivity contribution in [2.45, 2.75) is 33.1 Å². The first-order valence-electron chi connectivity index (χ1n) is 4.57. The molecule has 0 saturated heterocycles. The molecule has 1 unspecified atom stereocenters. The molecule has 0 aliphatic carbocycles. The molecule has 0 bridgehead atoms. The van der Waals surface area contributed by atoms with Crippen molar-refractivity contribution in [3.8, 4) is 5.88 Å². The number of nitrogens with zero attached hydrogens (tertiary/aromatic N) is 3. The first kappa shape index (κ1) is 11.4. The smallest absolute Gasteiger partial charge is 0.350 e. The number of hydrogen-bond acceptors (Lipinski definition) is 5. The lowest BCUT2D eigenvalue weighted by Crippen LogP contribution is -2.11. The van der Waals surface area contributed by atoms with Gasteiger partial charge in [0.15, 0.2) is 0 Å². The van der Waals surface area contributed by atoms with Crippen LogP contribution in [0.4, 0.5) is 5.69 Å². The Morgan fingerprint density at radius 1 is 1.80 bits per heavy atom. The van der Waals surface area contributed by atoms with Crippen molar-refractivity contribution in [2.75, 3.05) is 0 Å². The molecule has 0 fully saturated rings. The normalized spacial score (nSPS) is 12.5. The molecule has 0 spiro atoms. The van der Waals surface area contributed by atoms with E-state index in [1.165, 1.54) is 0 Å². The fraction of sp³-hybridized carbons (Fsp3) is 0.625. The zero-order chi connectivity index (χ0) is 11.4. The Morgan fingerprint density at radius 2 is 2.47 bits per heavy atom. The summed E-state index contributed by atoms with van der Waals surface area (Å²) in [6.45, 7) is 3.28. The van der Waals surface area contributed by atoms with E-state index in [0.717, 1.165) is 17.3 Å². The van der Waals surface area contributed by atoms with Crippen LogP contribution in [0.3, 0.4) is 0 Å². The highest BCUT2D eigenvalue weighted by atomic mass is 16.6. The van der Waals surface area contributed by atoms with E-state index >= 15 is 0 Å². The highest BCUT2D eigenvalue weighted by Crippen LogP contribution is 2.25. The highest BCUT2D eigenvalue weighted by molar-refractivity contribution is 5.38. The first-order chi connectivity index (χ1) is 7.08. The minimum absolute atomic E-state index is 0.0524. The first-order valence-corrected chi connectivity index (χ1v) is 4.57. The topological polar surface area (TPSA) is 90.4 Å². The van der Waals surface area contributed by atoms with Gasteiger partial charge in [0.05, 0.1) is 11.0 Å². The van der Waals surface area contributed by atoms with E-state index in [4.69, 9.17) is 9.84 Å². The summed E-state index contributed by atoms with van der Waals surface area (Å²) < 4.78 is 6.31. The maximum absolute atomic E-state index is 10.6. The Hall–Kier alpha value is -1.63. The number of aromatic nitrogens is 2. The number of aliphatic hydroxyl groups is 1. The Morgan fingerprint density at radius 3 is 2.93 bits per heavy atom. The zero-order valence-corrected chi connectivity index (χ0v) is 8.58. The molecule has 1 aromatic rings. The van der Waals surface area contributed by atoms with Crippen LogP contribution in [0.1, 0.15) is 20.3 Å². The van der Waals surface area contributed by atoms with Gasteiger partial charge in [-0.05, 0) is 13.3 Å². The summed E-state index contributed by atoms with van der Waals surface area (Å²) in [5.41, 5.74) is -0.232. The molecule has 0 radical (unpaired) electrons. The molecular formula is C8H13N3O4. The summed E-state index contributed by atoms with van der Waals surface area (Å²) in [4.78, 5) is 10.0. The zero-order valence-electron chi connectivity index (χ0n) is 8.58. The van der Waals surface area contributed by atoms with Crippen molar-refractivity contribution >= 4 is 5.69 Å². The molecule has 1 N–H and O–H groups in total. The van der Waals surface area contributed by atoms with Crippen LogP contribution in [0.5, 0.6) is 5.88 Å². The Labute approximate surface area is 86.4 Å². The SMILES string of the molecule is CCC(C)Oc1nn(CO)cc1[N+](=O)[O-]. The van der Waals surface area contributed by atoms with Gasteiger partial charge in [-0.3, -0.25) is 10.1 Å². The number of nitro groups is 1. The van der Waals surface area contributed by atoms with Crippen LogP contribution in [0.25, 0.3) is 0 Å². The molecule has 1 rings (SSSR count). The number of hydrogen-bond donors (Lipinski definition) is 1. The Kier molecular flexibility index (Phi) is 3.62. The fourth-order valence-corrected chi connectivity index (χ4v) is 0.949. The average Bonchev–Trinajstić information content (AvgIpc) is 2.61. The predicted molar refractivity (Wildman–Crippen MR) is 51.5 cm³/mol. The van der Waals surface area contributed by atoms with Crippen molar-refractivity contribution in [1.82, 2.24) is 9.78 Å². The van der Waals surface area contributed by atoms with E-state index in [9.17, 15) is 10.1 Å². The number of rotatable bonds is 5. The second-order valence-corrected chi connectivity index (χ2v) is 3.09. The molecule has 7 heteroatoms. The van der Waals surface area contributed by atoms with Crippen LogP contribution in [0.15, 0.2) is 6.20 Å². The molecule has 0 amide bonds. The van der Waals surface area contributed by atoms with E-state index in [1.54, 1.807) is 6.92 Å². The third kappa shape index (κ3) is 2.66. The maximum Gasteiger partial charge on any atom is 0.350 e. The molecule has 7 nitrogen and oxygen atoms in total. The van der Waals surface area contributed by atoms with E-state index < -0.39 is 11.7 Å². The second kappa shape index (κ2) is 4.74. The molecule has 1 atom stereocenters. The van der Waals surface area contributed by atoms with Crippen molar-refractivity contribution < 1.29 is 14.8 Å². The third-order valence-corrected chi connectivity index (χ3v) is 1.94. The van der Waals surface area contributed by atoms with Crippen LogP contribution in [0, 0.1) is 10.1 Å². The summed E-state index contributed by atoms with van der Waals surface area (Å²) in [5.74, 6) is -0.0524. The number of aliphatic hydroxyl groups excluding tert-OH is 1. The van der Waals surface area contributed by atoms with E-state index in [-0.39, 0.29) is 17.7 Å². The van der Waals surface area contributed by atoms with E-state index in [0.29, 0.717) is 0 Å². The summed E-state index contributed by atoms with van der Waals surface area (Å²) in [7, 11) is 0. The molecule has 1 aromatic heterocycles. The molecule has 0 aliphatic rings. The van der Waals surface area contributed by atoms with Crippen LogP contribution in [0.2, 0.25) is 0 Å². The van der Waals surface area contributed by atoms with Gasteiger partial charge in [-0.2, -0.15) is 0 Å². The minimum atomic E-state index is -0.586. The molecular weight excluding hydrogens is 202 g/mol. The van der Waals surface area contributed by atoms with Crippen LogP contribution in [-0.2, 0) is 6.73 Å². The predicted octanol–water partition coefficient (Wildman–Crippen LogP) is 0.918. The van der Waals surface area contributed by atoms with Gasteiger partial charge in [0.2, 0.25) is 0 Å². The molecule has 0 aliphatic heterocycles. The Balaban J connectivity index is 2.93. The van der Waals surface area contributed by atoms with Gasteiger partial charge in [0, 0.05) is 0 Å². The van der Waals surface area contributed by atoms with E-state index in [1.807, 2.05) is 6.92 Å². The lowest BCUT2D eigenvalue weighted by atomic mass is 10.3. The molecule has 84 valence electrons. The van der Waals surface area contributed by atoms with Crippen LogP contribution < -0.4 is 4.74 Å². The summed E-state index contributed by atoms with van der Waals surface area (Å²) >= 11 is 0. The lowest BCUT2D eigenvalue weighted by Gasteiger charge is -2.08. The lowest BCUT2D eigenvalue weighted by molar-refractivity contribution is -0.386. The summed E-state index contributed by atoms with van der Waals surface area (Å²) in [5, 5.41) is 23.1. The van der Waals surface area contributed by atoms with Gasteiger partial charge < -0.3 is 9.84 Å². The summed E-state index contributed by atoms with van der Waals surface area (Å²) in [6, 6.07) is 0. The Bertz CT molecular complexity index is 350. The quantitative estimate of drug-likeness (QED) is 0.582. The van der Waals surface area contributed by atoms with Gasteiger partial charge in [-0.25, -0.2) is 4.68 Å². The summed E-state index contributed by atoms with van der Waals surface area (Å²) in [6.07, 6.45) is 1.71. The monoisotopic (exact) mass is 215 g/mol. The molecule has 15 heavy (non-hydrogen) atoms. The van der Waals surface area contributed by atoms with Gasteiger partial charge in [0.1, 0.15) is 12.9 Å². The molecule has 1 heterocycles. The fourth-order valence-electron chi connectivity index (χ4n) is 0.949. The van der Waals surface area contributed by atoms with Gasteiger partial charge in [-0.1, -0.05) is 6.92 Å². The van der Waals surface area contributed by atoms with Gasteiger partial charge in [0.25, 0.3) is 0 Å². The maximum atomic E-state index is 10.6. The molecule has 0 saturated carbocycles. The third-order valence-electron chi connectivity index (χ3n) is 1.94. The number of ether oxygens (including phenoxy) is 1. The van der Waals surface area contributed by atoms with Crippen molar-refractivity contribution in [3.05, 3.63) is 16.3 Å². The van der Waals surface area contributed by atoms with Crippen molar-refractivity contribution in [3.63, 3.8) is 0 Å². The second-order valence-electron chi connectivity index (χ2n) is 3.09. The minimum Gasteiger partial charge on any atom is -0.469 e. The average molecular weight is 215 g/mol. The van der Waals surface area contributed by atoms with E-state index in [2.05, 4.69) is 5.10 Å². The molecule has 0 aromatic carbocycles.